The molecule has 1 fully saturated rings. The van der Waals surface area contributed by atoms with Gasteiger partial charge in [-0.05, 0) is 0 Å². The van der Waals surface area contributed by atoms with E-state index < -0.39 is 11.9 Å². The van der Waals surface area contributed by atoms with Crippen molar-refractivity contribution < 1.29 is 14.8 Å². The first-order chi connectivity index (χ1) is 4.22. The summed E-state index contributed by atoms with van der Waals surface area (Å²) >= 11 is 0. The molecule has 0 saturated carbocycles. The van der Waals surface area contributed by atoms with Crippen LogP contribution in [0.15, 0.2) is 0 Å². The molecule has 1 saturated heterocycles. The summed E-state index contributed by atoms with van der Waals surface area (Å²) in [4.78, 5) is 20.6. The van der Waals surface area contributed by atoms with Crippen molar-refractivity contribution in [1.82, 2.24) is 15.9 Å². The Morgan fingerprint density at radius 1 is 1.56 bits per heavy atom. The molecule has 9 heavy (non-hydrogen) atoms. The van der Waals surface area contributed by atoms with Crippen molar-refractivity contribution in [3.63, 3.8) is 0 Å². The maximum absolute atomic E-state index is 10.4. The zero-order valence-corrected chi connectivity index (χ0v) is 4.42. The maximum atomic E-state index is 10.4. The van der Waals surface area contributed by atoms with E-state index in [2.05, 4.69) is 5.43 Å². The molecule has 0 spiro atoms. The Hall–Kier alpha value is -1.14. The van der Waals surface area contributed by atoms with Crippen molar-refractivity contribution in [3.8, 4) is 0 Å². The molecule has 6 heteroatoms. The smallest absolute Gasteiger partial charge is 0.277 e. The first kappa shape index (κ1) is 5.99. The van der Waals surface area contributed by atoms with E-state index in [0.29, 0.717) is 0 Å². The minimum atomic E-state index is -0.855. The molecular formula is C3H5N3O3. The molecule has 1 aliphatic rings. The number of carbonyl (C=O) groups is 2. The first-order valence-corrected chi connectivity index (χ1v) is 2.26. The number of amides is 3. The molecule has 0 aromatic heterocycles. The second-order valence-electron chi connectivity index (χ2n) is 1.49. The molecule has 0 aliphatic carbocycles. The van der Waals surface area contributed by atoms with Crippen molar-refractivity contribution in [3.05, 3.63) is 0 Å². The topological polar surface area (TPSA) is 81.7 Å². The van der Waals surface area contributed by atoms with Crippen LogP contribution in [0, 0.1) is 0 Å². The van der Waals surface area contributed by atoms with E-state index in [0.717, 1.165) is 0 Å². The lowest BCUT2D eigenvalue weighted by molar-refractivity contribution is -0.154. The average molecular weight is 131 g/mol. The van der Waals surface area contributed by atoms with Crippen LogP contribution < -0.4 is 10.9 Å². The summed E-state index contributed by atoms with van der Waals surface area (Å²) in [7, 11) is 0. The molecule has 0 aromatic carbocycles. The number of hydrazine groups is 1. The third-order valence-electron chi connectivity index (χ3n) is 0.864. The van der Waals surface area contributed by atoms with Gasteiger partial charge in [0.1, 0.15) is 0 Å². The van der Waals surface area contributed by atoms with E-state index in [9.17, 15) is 9.59 Å². The van der Waals surface area contributed by atoms with Gasteiger partial charge in [-0.25, -0.2) is 10.2 Å². The third kappa shape index (κ3) is 0.980. The Balaban J connectivity index is 2.62. The molecule has 3 amide bonds. The van der Waals surface area contributed by atoms with Crippen molar-refractivity contribution in [1.29, 1.82) is 0 Å². The van der Waals surface area contributed by atoms with Crippen LogP contribution in [0.4, 0.5) is 4.79 Å². The van der Waals surface area contributed by atoms with Gasteiger partial charge >= 0.3 is 6.03 Å². The number of rotatable bonds is 0. The van der Waals surface area contributed by atoms with E-state index in [1.165, 1.54) is 0 Å². The predicted octanol–water partition coefficient (Wildman–Crippen LogP) is -1.57. The standard InChI is InChI=1S/C3H5N3O3/c7-2-1-4-5-3(8)6(2)9/h4,9H,1H2,(H,5,8). The number of urea groups is 1. The monoisotopic (exact) mass is 131 g/mol. The summed E-state index contributed by atoms with van der Waals surface area (Å²) in [5, 5.41) is 8.50. The summed E-state index contributed by atoms with van der Waals surface area (Å²) in [6.07, 6.45) is 0. The minimum Gasteiger partial charge on any atom is -0.277 e. The fourth-order valence-electron chi connectivity index (χ4n) is 0.437. The van der Waals surface area contributed by atoms with Gasteiger partial charge < -0.3 is 0 Å². The summed E-state index contributed by atoms with van der Waals surface area (Å²) in [6, 6.07) is -0.855. The molecule has 6 nitrogen and oxygen atoms in total. The predicted molar refractivity (Wildman–Crippen MR) is 25.2 cm³/mol. The van der Waals surface area contributed by atoms with Crippen LogP contribution in [0.2, 0.25) is 0 Å². The van der Waals surface area contributed by atoms with Gasteiger partial charge in [0.05, 0.1) is 6.54 Å². The highest BCUT2D eigenvalue weighted by Crippen LogP contribution is 1.86. The van der Waals surface area contributed by atoms with Gasteiger partial charge in [0.2, 0.25) is 0 Å². The average Bonchev–Trinajstić information content (AvgIpc) is 1.83. The van der Waals surface area contributed by atoms with E-state index >= 15 is 0 Å². The fraction of sp³-hybridized carbons (Fsp3) is 0.333. The van der Waals surface area contributed by atoms with Gasteiger partial charge in [0, 0.05) is 0 Å². The number of hydrogen-bond acceptors (Lipinski definition) is 4. The first-order valence-electron chi connectivity index (χ1n) is 2.26. The van der Waals surface area contributed by atoms with Crippen LogP contribution in [0.3, 0.4) is 0 Å². The summed E-state index contributed by atoms with van der Waals surface area (Å²) in [6.45, 7) is -0.0811. The number of nitrogens with one attached hydrogen (secondary N) is 2. The van der Waals surface area contributed by atoms with Crippen LogP contribution in [-0.2, 0) is 4.79 Å². The Morgan fingerprint density at radius 3 is 2.67 bits per heavy atom. The molecule has 1 heterocycles. The van der Waals surface area contributed by atoms with E-state index in [1.807, 2.05) is 5.43 Å². The zero-order valence-electron chi connectivity index (χ0n) is 4.42. The lowest BCUT2D eigenvalue weighted by Gasteiger charge is -2.19. The van der Waals surface area contributed by atoms with E-state index in [-0.39, 0.29) is 11.6 Å². The van der Waals surface area contributed by atoms with Gasteiger partial charge in [-0.15, -0.1) is 5.06 Å². The summed E-state index contributed by atoms with van der Waals surface area (Å²) in [5.74, 6) is -0.668. The maximum Gasteiger partial charge on any atom is 0.362 e. The molecule has 0 aromatic rings. The molecule has 1 rings (SSSR count). The van der Waals surface area contributed by atoms with Gasteiger partial charge in [0.15, 0.2) is 0 Å². The molecular weight excluding hydrogens is 126 g/mol. The van der Waals surface area contributed by atoms with Gasteiger partial charge in [-0.3, -0.25) is 15.4 Å². The highest BCUT2D eigenvalue weighted by Gasteiger charge is 2.22. The van der Waals surface area contributed by atoms with Crippen molar-refractivity contribution in [2.24, 2.45) is 0 Å². The van der Waals surface area contributed by atoms with Crippen LogP contribution in [0.1, 0.15) is 0 Å². The molecule has 0 atom stereocenters. The number of carbonyl (C=O) groups excluding carboxylic acids is 2. The van der Waals surface area contributed by atoms with Crippen LogP contribution >= 0.6 is 0 Å². The molecule has 50 valence electrons. The van der Waals surface area contributed by atoms with Gasteiger partial charge in [-0.1, -0.05) is 0 Å². The Bertz CT molecular complexity index is 140. The molecule has 0 unspecified atom stereocenters. The largest absolute Gasteiger partial charge is 0.362 e. The van der Waals surface area contributed by atoms with Gasteiger partial charge in [0.25, 0.3) is 5.91 Å². The van der Waals surface area contributed by atoms with Crippen LogP contribution in [-0.4, -0.2) is 28.8 Å². The lowest BCUT2D eigenvalue weighted by Crippen LogP contribution is -2.57. The number of hydrogen-bond donors (Lipinski definition) is 3. The highest BCUT2D eigenvalue weighted by atomic mass is 16.5. The zero-order chi connectivity index (χ0) is 6.85. The second kappa shape index (κ2) is 2.00. The van der Waals surface area contributed by atoms with Crippen molar-refractivity contribution in [2.75, 3.05) is 6.54 Å². The second-order valence-corrected chi connectivity index (χ2v) is 1.49. The highest BCUT2D eigenvalue weighted by molar-refractivity contribution is 5.95. The lowest BCUT2D eigenvalue weighted by atomic mass is 10.5. The van der Waals surface area contributed by atoms with E-state index in [1.54, 1.807) is 0 Å². The Morgan fingerprint density at radius 2 is 2.22 bits per heavy atom. The van der Waals surface area contributed by atoms with Crippen molar-refractivity contribution in [2.45, 2.75) is 0 Å². The summed E-state index contributed by atoms with van der Waals surface area (Å²) < 4.78 is 0. The SMILES string of the molecule is O=C1CNNC(=O)N1O. The Labute approximate surface area is 50.4 Å². The molecule has 3 N–H and O–H groups in total. The van der Waals surface area contributed by atoms with Crippen LogP contribution in [0.5, 0.6) is 0 Å². The third-order valence-corrected chi connectivity index (χ3v) is 0.864. The number of hydroxylamine groups is 2. The Kier molecular flexibility index (Phi) is 1.33. The summed E-state index contributed by atoms with van der Waals surface area (Å²) in [5.41, 5.74) is 4.29. The normalized spacial score (nSPS) is 19.9. The quantitative estimate of drug-likeness (QED) is 0.347. The van der Waals surface area contributed by atoms with Crippen molar-refractivity contribution >= 4 is 11.9 Å². The van der Waals surface area contributed by atoms with Crippen LogP contribution in [0.25, 0.3) is 0 Å². The molecule has 0 radical (unpaired) electrons. The molecule has 1 aliphatic heterocycles. The number of imide groups is 1. The van der Waals surface area contributed by atoms with E-state index in [4.69, 9.17) is 5.21 Å². The minimum absolute atomic E-state index is 0.0243. The fourth-order valence-corrected chi connectivity index (χ4v) is 0.437. The molecule has 0 bridgehead atoms. The van der Waals surface area contributed by atoms with Gasteiger partial charge in [-0.2, -0.15) is 0 Å². The number of nitrogens with zero attached hydrogens (tertiary/aromatic N) is 1.